The quantitative estimate of drug-likeness (QED) is 0.224. The molecule has 3 aromatic rings. The second-order valence-electron chi connectivity index (χ2n) is 11.5. The molecule has 2 aliphatic heterocycles. The van der Waals surface area contributed by atoms with E-state index in [1.54, 1.807) is 7.11 Å². The number of para-hydroxylation sites is 2. The average molecular weight is 605 g/mol. The molecule has 0 aliphatic carbocycles. The Balaban J connectivity index is 1.17. The minimum Gasteiger partial charge on any atom is -0.496 e. The van der Waals surface area contributed by atoms with Crippen molar-refractivity contribution in [3.8, 4) is 11.5 Å². The van der Waals surface area contributed by atoms with E-state index in [0.717, 1.165) is 40.2 Å². The zero-order chi connectivity index (χ0) is 31.1. The van der Waals surface area contributed by atoms with E-state index in [-0.39, 0.29) is 25.2 Å². The van der Waals surface area contributed by atoms with Gasteiger partial charge in [0.25, 0.3) is 0 Å². The van der Waals surface area contributed by atoms with Crippen LogP contribution in [-0.2, 0) is 33.0 Å². The maximum absolute atomic E-state index is 12.2. The predicted octanol–water partition coefficient (Wildman–Crippen LogP) is 6.53. The van der Waals surface area contributed by atoms with Gasteiger partial charge in [0.2, 0.25) is 0 Å². The van der Waals surface area contributed by atoms with Crippen molar-refractivity contribution in [2.24, 2.45) is 0 Å². The van der Waals surface area contributed by atoms with Crippen LogP contribution < -0.4 is 14.8 Å². The van der Waals surface area contributed by atoms with Crippen LogP contribution in [0.25, 0.3) is 0 Å². The monoisotopic (exact) mass is 604 g/mol. The van der Waals surface area contributed by atoms with E-state index in [1.807, 2.05) is 80.6 Å². The molecule has 2 aliphatic rings. The van der Waals surface area contributed by atoms with Gasteiger partial charge >= 0.3 is 12.2 Å². The molecule has 44 heavy (non-hydrogen) atoms. The molecule has 10 nitrogen and oxygen atoms in total. The Bertz CT molecular complexity index is 1440. The van der Waals surface area contributed by atoms with Crippen molar-refractivity contribution in [3.05, 3.63) is 89.0 Å². The van der Waals surface area contributed by atoms with Crippen molar-refractivity contribution in [2.75, 3.05) is 38.7 Å². The number of carboxylic acid groups (broad SMARTS) is 1. The van der Waals surface area contributed by atoms with Crippen LogP contribution in [0.4, 0.5) is 15.3 Å². The maximum atomic E-state index is 12.2. The summed E-state index contributed by atoms with van der Waals surface area (Å²) in [6.07, 6.45) is -0.467. The average Bonchev–Trinajstić information content (AvgIpc) is 3.01. The summed E-state index contributed by atoms with van der Waals surface area (Å²) in [4.78, 5) is 25.4. The van der Waals surface area contributed by atoms with Gasteiger partial charge in [-0.15, -0.1) is 0 Å². The van der Waals surface area contributed by atoms with Crippen molar-refractivity contribution in [2.45, 2.75) is 57.5 Å². The molecule has 234 valence electrons. The van der Waals surface area contributed by atoms with Crippen LogP contribution in [0.1, 0.15) is 54.9 Å². The number of nitrogens with one attached hydrogen (secondary N) is 1. The van der Waals surface area contributed by atoms with E-state index in [4.69, 9.17) is 23.7 Å². The van der Waals surface area contributed by atoms with E-state index in [9.17, 15) is 14.7 Å². The largest absolute Gasteiger partial charge is 0.496 e. The Morgan fingerprint density at radius 3 is 2.57 bits per heavy atom. The topological polar surface area (TPSA) is 116 Å². The standard InChI is InChI=1S/C34H40N2O8/c1-34(2)28-10-6-9-25(31(28)35-32(37)44-34)22-43-30-20-36(33(38)39)17-16-27(30)23-12-14-26(15-13-23)42-19-7-18-41-21-24-8-4-5-11-29(24)40-3/h4-6,8-15,27,30H,7,16-22H2,1-3H3,(H,35,37)(H,38,39). The Morgan fingerprint density at radius 2 is 1.80 bits per heavy atom. The van der Waals surface area contributed by atoms with Gasteiger partial charge in [0.05, 0.1) is 51.9 Å². The van der Waals surface area contributed by atoms with Crippen LogP contribution >= 0.6 is 0 Å². The highest BCUT2D eigenvalue weighted by Crippen LogP contribution is 2.39. The zero-order valence-corrected chi connectivity index (χ0v) is 25.4. The number of benzene rings is 3. The lowest BCUT2D eigenvalue weighted by atomic mass is 9.87. The fourth-order valence-electron chi connectivity index (χ4n) is 5.79. The number of hydrogen-bond acceptors (Lipinski definition) is 7. The fourth-order valence-corrected chi connectivity index (χ4v) is 5.79. The van der Waals surface area contributed by atoms with E-state index < -0.39 is 17.8 Å². The normalized spacial score (nSPS) is 19.0. The third-order valence-electron chi connectivity index (χ3n) is 8.12. The van der Waals surface area contributed by atoms with Crippen LogP contribution in [0.15, 0.2) is 66.7 Å². The Kier molecular flexibility index (Phi) is 9.92. The molecule has 10 heteroatoms. The number of rotatable bonds is 12. The van der Waals surface area contributed by atoms with Crippen LogP contribution in [0.3, 0.4) is 0 Å². The van der Waals surface area contributed by atoms with Gasteiger partial charge in [-0.25, -0.2) is 9.59 Å². The van der Waals surface area contributed by atoms with E-state index >= 15 is 0 Å². The first-order valence-electron chi connectivity index (χ1n) is 14.9. The summed E-state index contributed by atoms with van der Waals surface area (Å²) in [5.41, 5.74) is 3.66. The SMILES string of the molecule is COc1ccccc1COCCCOc1ccc(C2CCN(C(=O)O)CC2OCc2cccc3c2NC(=O)OC3(C)C)cc1. The third-order valence-corrected chi connectivity index (χ3v) is 8.12. The number of anilines is 1. The summed E-state index contributed by atoms with van der Waals surface area (Å²) in [5.74, 6) is 1.57. The number of amides is 2. The second kappa shape index (κ2) is 14.0. The molecule has 1 fully saturated rings. The van der Waals surface area contributed by atoms with Gasteiger partial charge < -0.3 is 33.7 Å². The van der Waals surface area contributed by atoms with Crippen LogP contribution in [0.5, 0.6) is 11.5 Å². The molecular weight excluding hydrogens is 564 g/mol. The molecule has 0 spiro atoms. The summed E-state index contributed by atoms with van der Waals surface area (Å²) in [6.45, 7) is 6.16. The highest BCUT2D eigenvalue weighted by Gasteiger charge is 2.36. The molecule has 5 rings (SSSR count). The first kappa shape index (κ1) is 31.2. The van der Waals surface area contributed by atoms with Gasteiger partial charge in [0.15, 0.2) is 0 Å². The molecule has 3 aromatic carbocycles. The predicted molar refractivity (Wildman–Crippen MR) is 164 cm³/mol. The first-order valence-corrected chi connectivity index (χ1v) is 14.9. The minimum atomic E-state index is -0.962. The fraction of sp³-hybridized carbons (Fsp3) is 0.412. The molecule has 2 heterocycles. The molecule has 2 unspecified atom stereocenters. The number of carbonyl (C=O) groups excluding carboxylic acids is 1. The van der Waals surface area contributed by atoms with Crippen LogP contribution in [0.2, 0.25) is 0 Å². The molecule has 2 atom stereocenters. The van der Waals surface area contributed by atoms with Crippen LogP contribution in [-0.4, -0.2) is 61.7 Å². The van der Waals surface area contributed by atoms with E-state index in [2.05, 4.69) is 5.32 Å². The summed E-state index contributed by atoms with van der Waals surface area (Å²) in [5, 5.41) is 12.5. The highest BCUT2D eigenvalue weighted by molar-refractivity contribution is 5.90. The molecule has 0 aromatic heterocycles. The molecule has 1 saturated heterocycles. The smallest absolute Gasteiger partial charge is 0.412 e. The third kappa shape index (κ3) is 7.43. The summed E-state index contributed by atoms with van der Waals surface area (Å²) in [7, 11) is 1.65. The lowest BCUT2D eigenvalue weighted by molar-refractivity contribution is -0.0200. The molecule has 0 saturated carbocycles. The summed E-state index contributed by atoms with van der Waals surface area (Å²) >= 11 is 0. The van der Waals surface area contributed by atoms with Crippen molar-refractivity contribution in [3.63, 3.8) is 0 Å². The zero-order valence-electron chi connectivity index (χ0n) is 25.4. The molecule has 0 bridgehead atoms. The van der Waals surface area contributed by atoms with Gasteiger partial charge in [0, 0.05) is 35.6 Å². The van der Waals surface area contributed by atoms with Crippen LogP contribution in [0, 0.1) is 0 Å². The number of fused-ring (bicyclic) bond motifs is 1. The number of carbonyl (C=O) groups is 2. The number of methoxy groups -OCH3 is 1. The van der Waals surface area contributed by atoms with Gasteiger partial charge in [-0.1, -0.05) is 48.5 Å². The molecule has 2 N–H and O–H groups in total. The Hall–Kier alpha value is -4.28. The maximum Gasteiger partial charge on any atom is 0.412 e. The number of ether oxygens (including phenoxy) is 5. The van der Waals surface area contributed by atoms with Crippen molar-refractivity contribution >= 4 is 17.9 Å². The van der Waals surface area contributed by atoms with Crippen molar-refractivity contribution in [1.29, 1.82) is 0 Å². The summed E-state index contributed by atoms with van der Waals surface area (Å²) in [6, 6.07) is 21.5. The highest BCUT2D eigenvalue weighted by atomic mass is 16.6. The number of nitrogens with zero attached hydrogens (tertiary/aromatic N) is 1. The lowest BCUT2D eigenvalue weighted by Gasteiger charge is -2.38. The number of cyclic esters (lactones) is 1. The molecule has 2 amide bonds. The van der Waals surface area contributed by atoms with E-state index in [0.29, 0.717) is 38.5 Å². The van der Waals surface area contributed by atoms with Gasteiger partial charge in [-0.05, 0) is 44.0 Å². The molecular formula is C34H40N2O8. The van der Waals surface area contributed by atoms with Gasteiger partial charge in [0.1, 0.15) is 17.1 Å². The Labute approximate surface area is 257 Å². The number of hydrogen-bond donors (Lipinski definition) is 2. The minimum absolute atomic E-state index is 0.00284. The number of likely N-dealkylation sites (tertiary alicyclic amines) is 1. The van der Waals surface area contributed by atoms with Crippen molar-refractivity contribution < 1.29 is 38.4 Å². The number of piperidine rings is 1. The van der Waals surface area contributed by atoms with Crippen molar-refractivity contribution in [1.82, 2.24) is 4.90 Å². The van der Waals surface area contributed by atoms with E-state index in [1.165, 1.54) is 4.90 Å². The lowest BCUT2D eigenvalue weighted by Crippen LogP contribution is -2.46. The molecule has 0 radical (unpaired) electrons. The Morgan fingerprint density at radius 1 is 1.02 bits per heavy atom. The van der Waals surface area contributed by atoms with Gasteiger partial charge in [-0.2, -0.15) is 0 Å². The summed E-state index contributed by atoms with van der Waals surface area (Å²) < 4.78 is 29.0. The first-order chi connectivity index (χ1) is 21.2. The second-order valence-corrected chi connectivity index (χ2v) is 11.5. The van der Waals surface area contributed by atoms with Gasteiger partial charge in [-0.3, -0.25) is 5.32 Å².